The van der Waals surface area contributed by atoms with E-state index in [1.807, 2.05) is 17.8 Å². The Hall–Kier alpha value is -1.24. The van der Waals surface area contributed by atoms with Crippen molar-refractivity contribution in [1.29, 1.82) is 0 Å². The van der Waals surface area contributed by atoms with Crippen LogP contribution in [0.5, 0.6) is 0 Å². The van der Waals surface area contributed by atoms with E-state index in [1.165, 1.54) is 0 Å². The lowest BCUT2D eigenvalue weighted by Gasteiger charge is -2.33. The summed E-state index contributed by atoms with van der Waals surface area (Å²) in [5.41, 5.74) is 1.71. The van der Waals surface area contributed by atoms with Crippen LogP contribution < -0.4 is 0 Å². The van der Waals surface area contributed by atoms with Gasteiger partial charge in [0.05, 0.1) is 11.4 Å². The monoisotopic (exact) mass is 279 g/mol. The smallest absolute Gasteiger partial charge is 0.126 e. The summed E-state index contributed by atoms with van der Waals surface area (Å²) in [7, 11) is 3.69. The lowest BCUT2D eigenvalue weighted by molar-refractivity contribution is -0.0947. The van der Waals surface area contributed by atoms with E-state index in [1.54, 1.807) is 24.6 Å². The second-order valence-electron chi connectivity index (χ2n) is 4.69. The molecule has 3 rings (SSSR count). The molecule has 1 fully saturated rings. The Morgan fingerprint density at radius 1 is 1.42 bits per heavy atom. The number of aryl methyl sites for hydroxylation is 1. The number of methoxy groups -OCH3 is 1. The summed E-state index contributed by atoms with van der Waals surface area (Å²) < 4.78 is 13.0. The molecule has 0 aliphatic carbocycles. The molecule has 0 aromatic carbocycles. The SMILES string of the molecule is COC1(c2nc(-c3ccnn3C)cs2)CCOCC1. The standard InChI is InChI=1S/C13H17N3O2S/c1-16-11(3-6-14-16)10-9-19-12(15-10)13(17-2)4-7-18-8-5-13/h3,6,9H,4-5,7-8H2,1-2H3. The molecule has 6 heteroatoms. The predicted octanol–water partition coefficient (Wildman–Crippen LogP) is 2.20. The Kier molecular flexibility index (Phi) is 3.38. The third kappa shape index (κ3) is 2.20. The van der Waals surface area contributed by atoms with Gasteiger partial charge >= 0.3 is 0 Å². The van der Waals surface area contributed by atoms with Crippen LogP contribution in [0.4, 0.5) is 0 Å². The van der Waals surface area contributed by atoms with Crippen LogP contribution in [-0.4, -0.2) is 35.1 Å². The molecule has 0 N–H and O–H groups in total. The Morgan fingerprint density at radius 2 is 2.21 bits per heavy atom. The summed E-state index contributed by atoms with van der Waals surface area (Å²) in [5, 5.41) is 7.29. The molecule has 1 aliphatic heterocycles. The molecule has 1 aliphatic rings. The van der Waals surface area contributed by atoms with Gasteiger partial charge in [-0.15, -0.1) is 11.3 Å². The first-order valence-electron chi connectivity index (χ1n) is 6.32. The minimum absolute atomic E-state index is 0.278. The molecule has 0 saturated carbocycles. The first-order chi connectivity index (χ1) is 9.25. The van der Waals surface area contributed by atoms with Crippen molar-refractivity contribution in [2.75, 3.05) is 20.3 Å². The van der Waals surface area contributed by atoms with E-state index >= 15 is 0 Å². The summed E-state index contributed by atoms with van der Waals surface area (Å²) in [6.07, 6.45) is 3.51. The van der Waals surface area contributed by atoms with E-state index in [4.69, 9.17) is 14.5 Å². The summed E-state index contributed by atoms with van der Waals surface area (Å²) in [6, 6.07) is 1.97. The number of hydrogen-bond acceptors (Lipinski definition) is 5. The summed E-state index contributed by atoms with van der Waals surface area (Å²) in [5.74, 6) is 0. The molecule has 5 nitrogen and oxygen atoms in total. The van der Waals surface area contributed by atoms with Crippen molar-refractivity contribution in [3.8, 4) is 11.4 Å². The van der Waals surface area contributed by atoms with Crippen LogP contribution in [0.25, 0.3) is 11.4 Å². The molecular weight excluding hydrogens is 262 g/mol. The Morgan fingerprint density at radius 3 is 2.84 bits per heavy atom. The normalized spacial score (nSPS) is 18.6. The molecule has 2 aromatic heterocycles. The highest BCUT2D eigenvalue weighted by atomic mass is 32.1. The second kappa shape index (κ2) is 5.03. The van der Waals surface area contributed by atoms with Crippen molar-refractivity contribution in [3.05, 3.63) is 22.7 Å². The van der Waals surface area contributed by atoms with Gasteiger partial charge in [0.1, 0.15) is 10.6 Å². The topological polar surface area (TPSA) is 49.2 Å². The van der Waals surface area contributed by atoms with E-state index in [0.717, 1.165) is 42.5 Å². The maximum absolute atomic E-state index is 5.77. The van der Waals surface area contributed by atoms with Gasteiger partial charge in [-0.3, -0.25) is 4.68 Å². The van der Waals surface area contributed by atoms with Crippen molar-refractivity contribution >= 4 is 11.3 Å². The fourth-order valence-electron chi connectivity index (χ4n) is 2.43. The average Bonchev–Trinajstić information content (AvgIpc) is 3.08. The fraction of sp³-hybridized carbons (Fsp3) is 0.538. The molecule has 0 unspecified atom stereocenters. The number of thiazole rings is 1. The molecule has 1 saturated heterocycles. The minimum atomic E-state index is -0.278. The molecule has 0 radical (unpaired) electrons. The first kappa shape index (κ1) is 12.8. The lowest BCUT2D eigenvalue weighted by Crippen LogP contribution is -2.35. The van der Waals surface area contributed by atoms with E-state index in [0.29, 0.717) is 0 Å². The third-order valence-corrected chi connectivity index (χ3v) is 4.70. The zero-order chi connectivity index (χ0) is 13.3. The fourth-order valence-corrected chi connectivity index (χ4v) is 3.48. The number of hydrogen-bond donors (Lipinski definition) is 0. The van der Waals surface area contributed by atoms with Gasteiger partial charge in [0.15, 0.2) is 0 Å². The Balaban J connectivity index is 1.94. The number of nitrogens with zero attached hydrogens (tertiary/aromatic N) is 3. The summed E-state index contributed by atoms with van der Waals surface area (Å²) in [4.78, 5) is 4.76. The van der Waals surface area contributed by atoms with E-state index in [-0.39, 0.29) is 5.60 Å². The molecule has 0 spiro atoms. The van der Waals surface area contributed by atoms with Crippen LogP contribution in [0, 0.1) is 0 Å². The molecule has 3 heterocycles. The minimum Gasteiger partial charge on any atom is -0.381 e. The highest BCUT2D eigenvalue weighted by Gasteiger charge is 2.37. The Bertz CT molecular complexity index is 558. The van der Waals surface area contributed by atoms with Gasteiger partial charge in [-0.1, -0.05) is 0 Å². The Labute approximate surface area is 116 Å². The summed E-state index contributed by atoms with van der Waals surface area (Å²) in [6.45, 7) is 1.46. The molecule has 2 aromatic rings. The van der Waals surface area contributed by atoms with Crippen molar-refractivity contribution in [2.24, 2.45) is 7.05 Å². The zero-order valence-corrected chi connectivity index (χ0v) is 11.9. The van der Waals surface area contributed by atoms with E-state index < -0.39 is 0 Å². The van der Waals surface area contributed by atoms with Crippen LogP contribution in [0.15, 0.2) is 17.6 Å². The third-order valence-electron chi connectivity index (χ3n) is 3.67. The lowest BCUT2D eigenvalue weighted by atomic mass is 9.95. The largest absolute Gasteiger partial charge is 0.381 e. The molecule has 0 amide bonds. The molecule has 0 bridgehead atoms. The van der Waals surface area contributed by atoms with Crippen molar-refractivity contribution in [1.82, 2.24) is 14.8 Å². The van der Waals surface area contributed by atoms with Crippen molar-refractivity contribution < 1.29 is 9.47 Å². The number of rotatable bonds is 3. The predicted molar refractivity (Wildman–Crippen MR) is 73.1 cm³/mol. The van der Waals surface area contributed by atoms with Gasteiger partial charge in [-0.25, -0.2) is 4.98 Å². The average molecular weight is 279 g/mol. The molecule has 102 valence electrons. The quantitative estimate of drug-likeness (QED) is 0.864. The van der Waals surface area contributed by atoms with Gasteiger partial charge in [-0.05, 0) is 6.07 Å². The first-order valence-corrected chi connectivity index (χ1v) is 7.20. The van der Waals surface area contributed by atoms with Gasteiger partial charge in [0.25, 0.3) is 0 Å². The van der Waals surface area contributed by atoms with Crippen LogP contribution in [-0.2, 0) is 22.1 Å². The van der Waals surface area contributed by atoms with Crippen LogP contribution in [0.1, 0.15) is 17.8 Å². The van der Waals surface area contributed by atoms with Crippen LogP contribution in [0.3, 0.4) is 0 Å². The highest BCUT2D eigenvalue weighted by Crippen LogP contribution is 2.38. The van der Waals surface area contributed by atoms with Gasteiger partial charge in [0, 0.05) is 51.8 Å². The van der Waals surface area contributed by atoms with E-state index in [9.17, 15) is 0 Å². The van der Waals surface area contributed by atoms with Crippen LogP contribution in [0.2, 0.25) is 0 Å². The highest BCUT2D eigenvalue weighted by molar-refractivity contribution is 7.10. The second-order valence-corrected chi connectivity index (χ2v) is 5.55. The van der Waals surface area contributed by atoms with Crippen molar-refractivity contribution in [3.63, 3.8) is 0 Å². The zero-order valence-electron chi connectivity index (χ0n) is 11.1. The van der Waals surface area contributed by atoms with E-state index in [2.05, 4.69) is 10.5 Å². The summed E-state index contributed by atoms with van der Waals surface area (Å²) >= 11 is 1.65. The molecule has 19 heavy (non-hydrogen) atoms. The van der Waals surface area contributed by atoms with Crippen molar-refractivity contribution in [2.45, 2.75) is 18.4 Å². The number of aromatic nitrogens is 3. The van der Waals surface area contributed by atoms with Gasteiger partial charge in [-0.2, -0.15) is 5.10 Å². The van der Waals surface area contributed by atoms with Crippen LogP contribution >= 0.6 is 11.3 Å². The van der Waals surface area contributed by atoms with Gasteiger partial charge in [0.2, 0.25) is 0 Å². The molecular formula is C13H17N3O2S. The number of ether oxygens (including phenoxy) is 2. The molecule has 0 atom stereocenters. The van der Waals surface area contributed by atoms with Gasteiger partial charge < -0.3 is 9.47 Å². The maximum atomic E-state index is 5.77. The maximum Gasteiger partial charge on any atom is 0.126 e.